The first-order valence-corrected chi connectivity index (χ1v) is 11.4. The average molecular weight is 478 g/mol. The van der Waals surface area contributed by atoms with E-state index in [1.165, 1.54) is 17.0 Å². The predicted molar refractivity (Wildman–Crippen MR) is 138 cm³/mol. The van der Waals surface area contributed by atoms with Crippen molar-refractivity contribution in [2.75, 3.05) is 4.90 Å². The minimum Gasteiger partial charge on any atom is -0.508 e. The van der Waals surface area contributed by atoms with Gasteiger partial charge in [0.1, 0.15) is 11.5 Å². The number of rotatable bonds is 6. The van der Waals surface area contributed by atoms with Gasteiger partial charge >= 0.3 is 0 Å². The van der Waals surface area contributed by atoms with Crippen LogP contribution >= 0.6 is 0 Å². The van der Waals surface area contributed by atoms with E-state index in [1.807, 2.05) is 48.5 Å². The lowest BCUT2D eigenvalue weighted by Gasteiger charge is -2.24. The number of phenols is 2. The first-order valence-electron chi connectivity index (χ1n) is 11.4. The molecular formula is C29H23N3O4. The minimum absolute atomic E-state index is 0.0690. The van der Waals surface area contributed by atoms with E-state index in [4.69, 9.17) is 4.98 Å². The topological polar surface area (TPSA) is 107 Å². The molecule has 5 aromatic rings. The van der Waals surface area contributed by atoms with Gasteiger partial charge in [-0.3, -0.25) is 9.78 Å². The normalized spacial score (nSPS) is 10.9. The summed E-state index contributed by atoms with van der Waals surface area (Å²) in [5.41, 5.74) is 4.49. The molecule has 178 valence electrons. The van der Waals surface area contributed by atoms with Gasteiger partial charge in [-0.2, -0.15) is 0 Å². The Kier molecular flexibility index (Phi) is 6.30. The van der Waals surface area contributed by atoms with E-state index in [1.54, 1.807) is 30.6 Å². The second kappa shape index (κ2) is 9.85. The van der Waals surface area contributed by atoms with Gasteiger partial charge < -0.3 is 20.2 Å². The zero-order valence-electron chi connectivity index (χ0n) is 19.2. The molecule has 0 aliphatic rings. The summed E-state index contributed by atoms with van der Waals surface area (Å²) in [6.07, 6.45) is 3.34. The van der Waals surface area contributed by atoms with Crippen LogP contribution in [0.25, 0.3) is 22.2 Å². The molecular weight excluding hydrogens is 454 g/mol. The molecule has 7 heteroatoms. The Hall–Kier alpha value is -4.75. The maximum atomic E-state index is 13.5. The number of phenolic OH excluding ortho intramolecular Hbond substituents is 2. The number of hydrogen-bond donors (Lipinski definition) is 3. The molecule has 0 aliphatic carbocycles. The molecule has 0 radical (unpaired) electrons. The largest absolute Gasteiger partial charge is 0.508 e. The zero-order valence-corrected chi connectivity index (χ0v) is 19.2. The number of aromatic hydroxyl groups is 2. The molecule has 0 saturated carbocycles. The van der Waals surface area contributed by atoms with Crippen LogP contribution in [0.2, 0.25) is 0 Å². The molecule has 3 N–H and O–H groups in total. The highest BCUT2D eigenvalue weighted by Crippen LogP contribution is 2.30. The summed E-state index contributed by atoms with van der Waals surface area (Å²) >= 11 is 0. The van der Waals surface area contributed by atoms with Crippen LogP contribution in [-0.2, 0) is 13.2 Å². The summed E-state index contributed by atoms with van der Waals surface area (Å²) < 4.78 is 0. The van der Waals surface area contributed by atoms with E-state index >= 15 is 0 Å². The van der Waals surface area contributed by atoms with Crippen molar-refractivity contribution >= 4 is 22.5 Å². The van der Waals surface area contributed by atoms with Gasteiger partial charge in [-0.25, -0.2) is 4.98 Å². The van der Waals surface area contributed by atoms with Gasteiger partial charge in [0.2, 0.25) is 0 Å². The first-order chi connectivity index (χ1) is 17.5. The summed E-state index contributed by atoms with van der Waals surface area (Å²) in [7, 11) is 0. The Balaban J connectivity index is 1.54. The molecule has 0 unspecified atom stereocenters. The molecule has 1 amide bonds. The van der Waals surface area contributed by atoms with E-state index in [2.05, 4.69) is 4.98 Å². The Morgan fingerprint density at radius 2 is 1.69 bits per heavy atom. The van der Waals surface area contributed by atoms with E-state index in [9.17, 15) is 20.1 Å². The van der Waals surface area contributed by atoms with E-state index in [0.29, 0.717) is 16.9 Å². The van der Waals surface area contributed by atoms with Crippen molar-refractivity contribution in [3.63, 3.8) is 0 Å². The Labute approximate surface area is 207 Å². The fourth-order valence-electron chi connectivity index (χ4n) is 4.13. The van der Waals surface area contributed by atoms with Gasteiger partial charge in [-0.05, 0) is 48.0 Å². The standard InChI is InChI=1S/C29H23N3O4/c33-18-22-14-21-5-1-2-6-26(21)31-28(22)20-7-9-23(10-8-20)32(17-19-4-3-13-30-16-19)29(36)25-12-11-24(34)15-27(25)35/h1-16,33-35H,17-18H2. The molecule has 2 heterocycles. The Morgan fingerprint density at radius 3 is 2.42 bits per heavy atom. The number of carbonyl (C=O) groups is 1. The molecule has 0 bridgehead atoms. The lowest BCUT2D eigenvalue weighted by atomic mass is 10.0. The van der Waals surface area contributed by atoms with Crippen LogP contribution in [0.5, 0.6) is 11.5 Å². The average Bonchev–Trinajstić information content (AvgIpc) is 2.91. The van der Waals surface area contributed by atoms with Crippen molar-refractivity contribution in [2.24, 2.45) is 0 Å². The van der Waals surface area contributed by atoms with Crippen molar-refractivity contribution in [3.05, 3.63) is 114 Å². The van der Waals surface area contributed by atoms with Crippen LogP contribution in [0.4, 0.5) is 5.69 Å². The third kappa shape index (κ3) is 4.60. The van der Waals surface area contributed by atoms with Crippen LogP contribution in [0, 0.1) is 0 Å². The van der Waals surface area contributed by atoms with Crippen molar-refractivity contribution in [1.82, 2.24) is 9.97 Å². The first kappa shape index (κ1) is 23.0. The van der Waals surface area contributed by atoms with E-state index in [-0.39, 0.29) is 30.2 Å². The van der Waals surface area contributed by atoms with Crippen LogP contribution < -0.4 is 4.90 Å². The summed E-state index contributed by atoms with van der Waals surface area (Å²) in [4.78, 5) is 23.9. The van der Waals surface area contributed by atoms with Crippen LogP contribution in [0.1, 0.15) is 21.5 Å². The molecule has 0 saturated heterocycles. The molecule has 0 fully saturated rings. The van der Waals surface area contributed by atoms with Crippen molar-refractivity contribution in [3.8, 4) is 22.8 Å². The van der Waals surface area contributed by atoms with Crippen molar-refractivity contribution < 1.29 is 20.1 Å². The number of pyridine rings is 2. The third-order valence-corrected chi connectivity index (χ3v) is 5.95. The number of benzene rings is 3. The van der Waals surface area contributed by atoms with Gasteiger partial charge in [-0.1, -0.05) is 36.4 Å². The second-order valence-corrected chi connectivity index (χ2v) is 8.35. The third-order valence-electron chi connectivity index (χ3n) is 5.95. The number of hydrogen-bond acceptors (Lipinski definition) is 6. The lowest BCUT2D eigenvalue weighted by Crippen LogP contribution is -2.30. The highest BCUT2D eigenvalue weighted by Gasteiger charge is 2.22. The van der Waals surface area contributed by atoms with E-state index < -0.39 is 5.91 Å². The maximum absolute atomic E-state index is 13.5. The number of aliphatic hydroxyl groups is 1. The van der Waals surface area contributed by atoms with Crippen molar-refractivity contribution in [1.29, 1.82) is 0 Å². The monoisotopic (exact) mass is 477 g/mol. The summed E-state index contributed by atoms with van der Waals surface area (Å²) in [5.74, 6) is -0.862. The van der Waals surface area contributed by atoms with Crippen LogP contribution in [0.15, 0.2) is 97.3 Å². The number of aliphatic hydroxyl groups excluding tert-OH is 1. The van der Waals surface area contributed by atoms with Gasteiger partial charge in [0, 0.05) is 40.7 Å². The SMILES string of the molecule is O=C(c1ccc(O)cc1O)N(Cc1cccnc1)c1ccc(-c2nc3ccccc3cc2CO)cc1. The van der Waals surface area contributed by atoms with Gasteiger partial charge in [0.25, 0.3) is 5.91 Å². The molecule has 2 aromatic heterocycles. The zero-order chi connectivity index (χ0) is 25.1. The minimum atomic E-state index is -0.427. The van der Waals surface area contributed by atoms with E-state index in [0.717, 1.165) is 28.1 Å². The second-order valence-electron chi connectivity index (χ2n) is 8.35. The van der Waals surface area contributed by atoms with Gasteiger partial charge in [0.15, 0.2) is 0 Å². The molecule has 5 rings (SSSR count). The maximum Gasteiger partial charge on any atom is 0.262 e. The van der Waals surface area contributed by atoms with Crippen molar-refractivity contribution in [2.45, 2.75) is 13.2 Å². The molecule has 36 heavy (non-hydrogen) atoms. The predicted octanol–water partition coefficient (Wildman–Crippen LogP) is 5.05. The fraction of sp³-hybridized carbons (Fsp3) is 0.0690. The number of carbonyl (C=O) groups excluding carboxylic acids is 1. The molecule has 3 aromatic carbocycles. The summed E-state index contributed by atoms with van der Waals surface area (Å²) in [5, 5.41) is 30.8. The lowest BCUT2D eigenvalue weighted by molar-refractivity contribution is 0.0982. The number of para-hydroxylation sites is 1. The highest BCUT2D eigenvalue weighted by molar-refractivity contribution is 6.08. The van der Waals surface area contributed by atoms with Crippen LogP contribution in [0.3, 0.4) is 0 Å². The number of aromatic nitrogens is 2. The smallest absolute Gasteiger partial charge is 0.262 e. The highest BCUT2D eigenvalue weighted by atomic mass is 16.3. The summed E-state index contributed by atoms with van der Waals surface area (Å²) in [6.45, 7) is 0.0725. The summed E-state index contributed by atoms with van der Waals surface area (Å²) in [6, 6.07) is 24.5. The number of amides is 1. The Morgan fingerprint density at radius 1 is 0.889 bits per heavy atom. The quantitative estimate of drug-likeness (QED) is 0.316. The number of anilines is 1. The Bertz CT molecular complexity index is 1540. The number of nitrogens with zero attached hydrogens (tertiary/aromatic N) is 3. The molecule has 7 nitrogen and oxygen atoms in total. The molecule has 0 aliphatic heterocycles. The van der Waals surface area contributed by atoms with Crippen LogP contribution in [-0.4, -0.2) is 31.2 Å². The number of fused-ring (bicyclic) bond motifs is 1. The van der Waals surface area contributed by atoms with Gasteiger partial charge in [0.05, 0.1) is 29.9 Å². The fourth-order valence-corrected chi connectivity index (χ4v) is 4.13. The van der Waals surface area contributed by atoms with Gasteiger partial charge in [-0.15, -0.1) is 0 Å². The molecule has 0 spiro atoms. The molecule has 0 atom stereocenters.